The first-order valence-electron chi connectivity index (χ1n) is 13.4. The van der Waals surface area contributed by atoms with Crippen LogP contribution in [-0.2, 0) is 19.3 Å². The molecule has 8 nitrogen and oxygen atoms in total. The molecular weight excluding hydrogens is 506 g/mol. The summed E-state index contributed by atoms with van der Waals surface area (Å²) in [6.45, 7) is 4.52. The fourth-order valence-corrected chi connectivity index (χ4v) is 6.48. The molecule has 1 atom stereocenters. The molecule has 2 aromatic heterocycles. The van der Waals surface area contributed by atoms with Gasteiger partial charge in [-0.3, -0.25) is 15.0 Å². The number of aromatic nitrogens is 3. The third-order valence-electron chi connectivity index (χ3n) is 7.69. The van der Waals surface area contributed by atoms with Crippen molar-refractivity contribution >= 4 is 22.4 Å². The van der Waals surface area contributed by atoms with Gasteiger partial charge in [0.15, 0.2) is 5.13 Å². The summed E-state index contributed by atoms with van der Waals surface area (Å²) in [6, 6.07) is 17.7. The van der Waals surface area contributed by atoms with Crippen molar-refractivity contribution < 1.29 is 4.79 Å². The van der Waals surface area contributed by atoms with Crippen molar-refractivity contribution in [2.24, 2.45) is 0 Å². The van der Waals surface area contributed by atoms with E-state index in [-0.39, 0.29) is 5.91 Å². The fraction of sp³-hybridized carbons (Fsp3) is 0.333. The van der Waals surface area contributed by atoms with Crippen molar-refractivity contribution in [3.05, 3.63) is 87.8 Å². The number of hydrogen-bond donors (Lipinski definition) is 2. The van der Waals surface area contributed by atoms with Crippen LogP contribution in [-0.4, -0.2) is 69.9 Å². The van der Waals surface area contributed by atoms with Gasteiger partial charge < -0.3 is 9.88 Å². The van der Waals surface area contributed by atoms with Gasteiger partial charge in [-0.05, 0) is 56.1 Å². The van der Waals surface area contributed by atoms with Crippen molar-refractivity contribution in [2.45, 2.75) is 31.7 Å². The summed E-state index contributed by atoms with van der Waals surface area (Å²) in [6.07, 6.45) is 5.58. The van der Waals surface area contributed by atoms with E-state index in [0.29, 0.717) is 28.7 Å². The number of nitriles is 1. The molecule has 1 saturated heterocycles. The number of benzene rings is 2. The Labute approximate surface area is 232 Å². The first kappa shape index (κ1) is 25.4. The van der Waals surface area contributed by atoms with Crippen molar-refractivity contribution in [1.82, 2.24) is 24.8 Å². The molecule has 4 aromatic rings. The van der Waals surface area contributed by atoms with Gasteiger partial charge in [0.25, 0.3) is 5.91 Å². The number of thiazole rings is 1. The molecule has 9 heteroatoms. The molecule has 2 aromatic carbocycles. The normalized spacial score (nSPS) is 17.9. The minimum atomic E-state index is -0.142. The van der Waals surface area contributed by atoms with Crippen LogP contribution in [0, 0.1) is 11.3 Å². The summed E-state index contributed by atoms with van der Waals surface area (Å²) in [5, 5.41) is 12.7. The lowest BCUT2D eigenvalue weighted by molar-refractivity contribution is 0.102. The summed E-state index contributed by atoms with van der Waals surface area (Å²) >= 11 is 1.62. The number of carbonyl (C=O) groups excluding carboxylic acids is 1. The standard InChI is InChI=1S/C30H31N7OS/c1-36-11-13-37(14-12-36)24-9-10-25-27(17-24)39-30(34-25)35-29(38)23-4-2-3-21(15-23)16-28-32-19-26(33-28)22-7-5-20(18-31)6-8-22/h2-8,15,19,24H,9-14,16-17H2,1H3,(H,32,33)(H,34,35,38). The van der Waals surface area contributed by atoms with Gasteiger partial charge >= 0.3 is 0 Å². The highest BCUT2D eigenvalue weighted by Gasteiger charge is 2.29. The second-order valence-corrected chi connectivity index (χ2v) is 11.5. The molecule has 2 N–H and O–H groups in total. The van der Waals surface area contributed by atoms with Crippen LogP contribution in [0.2, 0.25) is 0 Å². The van der Waals surface area contributed by atoms with E-state index in [2.05, 4.69) is 33.2 Å². The highest BCUT2D eigenvalue weighted by atomic mass is 32.1. The number of rotatable bonds is 6. The number of imidazole rings is 1. The lowest BCUT2D eigenvalue weighted by Gasteiger charge is -2.39. The molecule has 0 radical (unpaired) electrons. The lowest BCUT2D eigenvalue weighted by Crippen LogP contribution is -2.50. The Hall–Kier alpha value is -3.84. The summed E-state index contributed by atoms with van der Waals surface area (Å²) in [7, 11) is 2.19. The third kappa shape index (κ3) is 5.78. The van der Waals surface area contributed by atoms with Gasteiger partial charge in [0.2, 0.25) is 0 Å². The van der Waals surface area contributed by atoms with E-state index in [9.17, 15) is 4.79 Å². The van der Waals surface area contributed by atoms with Crippen LogP contribution in [0.15, 0.2) is 54.7 Å². The molecule has 1 unspecified atom stereocenters. The molecule has 2 aliphatic rings. The second kappa shape index (κ2) is 11.1. The number of anilines is 1. The number of hydrogen-bond acceptors (Lipinski definition) is 7. The molecule has 1 aliphatic heterocycles. The number of amides is 1. The fourth-order valence-electron chi connectivity index (χ4n) is 5.41. The summed E-state index contributed by atoms with van der Waals surface area (Å²) < 4.78 is 0. The van der Waals surface area contributed by atoms with Crippen LogP contribution in [0.1, 0.15) is 44.3 Å². The molecule has 0 saturated carbocycles. The van der Waals surface area contributed by atoms with Crippen molar-refractivity contribution in [3.63, 3.8) is 0 Å². The SMILES string of the molecule is CN1CCN(C2CCc3nc(NC(=O)c4cccc(Cc5nc(-c6ccc(C#N)cc6)c[nH]5)c4)sc3C2)CC1. The van der Waals surface area contributed by atoms with Gasteiger partial charge in [-0.2, -0.15) is 5.26 Å². The topological polar surface area (TPSA) is 101 Å². The minimum Gasteiger partial charge on any atom is -0.348 e. The maximum absolute atomic E-state index is 13.1. The Bertz CT molecular complexity index is 1510. The zero-order valence-electron chi connectivity index (χ0n) is 22.0. The number of nitrogens with zero attached hydrogens (tertiary/aromatic N) is 5. The largest absolute Gasteiger partial charge is 0.348 e. The Morgan fingerprint density at radius 3 is 2.77 bits per heavy atom. The van der Waals surface area contributed by atoms with Gasteiger partial charge in [0.05, 0.1) is 23.0 Å². The Kier molecular flexibility index (Phi) is 7.24. The van der Waals surface area contributed by atoms with Crippen LogP contribution in [0.25, 0.3) is 11.3 Å². The quantitative estimate of drug-likeness (QED) is 0.379. The van der Waals surface area contributed by atoms with E-state index in [1.165, 1.54) is 4.88 Å². The van der Waals surface area contributed by atoms with Gasteiger partial charge in [-0.1, -0.05) is 24.3 Å². The maximum atomic E-state index is 13.1. The van der Waals surface area contributed by atoms with Crippen LogP contribution in [0.4, 0.5) is 5.13 Å². The summed E-state index contributed by atoms with van der Waals surface area (Å²) in [5.41, 5.74) is 5.14. The average Bonchev–Trinajstić information content (AvgIpc) is 3.60. The summed E-state index contributed by atoms with van der Waals surface area (Å²) in [5.74, 6) is 0.672. The van der Waals surface area contributed by atoms with Crippen molar-refractivity contribution in [3.8, 4) is 17.3 Å². The third-order valence-corrected chi connectivity index (χ3v) is 8.73. The Morgan fingerprint density at radius 1 is 1.15 bits per heavy atom. The Balaban J connectivity index is 1.09. The molecular formula is C30H31N7OS. The molecule has 0 bridgehead atoms. The number of H-pyrrole nitrogens is 1. The van der Waals surface area contributed by atoms with E-state index in [1.807, 2.05) is 42.6 Å². The number of carbonyl (C=O) groups is 1. The van der Waals surface area contributed by atoms with Crippen LogP contribution in [0.5, 0.6) is 0 Å². The Morgan fingerprint density at radius 2 is 1.97 bits per heavy atom. The number of fused-ring (bicyclic) bond motifs is 1. The molecule has 1 fully saturated rings. The number of aromatic amines is 1. The van der Waals surface area contributed by atoms with Gasteiger partial charge in [-0.15, -0.1) is 11.3 Å². The number of likely N-dealkylation sites (N-methyl/N-ethyl adjacent to an activating group) is 1. The van der Waals surface area contributed by atoms with Crippen LogP contribution < -0.4 is 5.32 Å². The van der Waals surface area contributed by atoms with Crippen LogP contribution >= 0.6 is 11.3 Å². The summed E-state index contributed by atoms with van der Waals surface area (Å²) in [4.78, 5) is 32.1. The first-order valence-corrected chi connectivity index (χ1v) is 14.2. The second-order valence-electron chi connectivity index (χ2n) is 10.4. The maximum Gasteiger partial charge on any atom is 0.257 e. The molecule has 1 amide bonds. The van der Waals surface area contributed by atoms with E-state index in [4.69, 9.17) is 15.2 Å². The predicted octanol–water partition coefficient (Wildman–Crippen LogP) is 4.35. The van der Waals surface area contributed by atoms with Crippen LogP contribution in [0.3, 0.4) is 0 Å². The monoisotopic (exact) mass is 537 g/mol. The average molecular weight is 538 g/mol. The van der Waals surface area contributed by atoms with Gasteiger partial charge in [0, 0.05) is 60.8 Å². The smallest absolute Gasteiger partial charge is 0.257 e. The molecule has 6 rings (SSSR count). The zero-order chi connectivity index (χ0) is 26.8. The highest BCUT2D eigenvalue weighted by Crippen LogP contribution is 2.32. The molecule has 198 valence electrons. The van der Waals surface area contributed by atoms with Crippen molar-refractivity contribution in [1.29, 1.82) is 5.26 Å². The van der Waals surface area contributed by atoms with Gasteiger partial charge in [-0.25, -0.2) is 9.97 Å². The highest BCUT2D eigenvalue weighted by molar-refractivity contribution is 7.15. The molecule has 3 heterocycles. The molecule has 1 aliphatic carbocycles. The first-order chi connectivity index (χ1) is 19.0. The van der Waals surface area contributed by atoms with E-state index < -0.39 is 0 Å². The number of piperazine rings is 1. The predicted molar refractivity (Wildman–Crippen MR) is 153 cm³/mol. The van der Waals surface area contributed by atoms with E-state index in [0.717, 1.165) is 73.8 Å². The molecule has 0 spiro atoms. The molecule has 39 heavy (non-hydrogen) atoms. The number of aryl methyl sites for hydroxylation is 1. The van der Waals surface area contributed by atoms with Crippen molar-refractivity contribution in [2.75, 3.05) is 38.5 Å². The van der Waals surface area contributed by atoms with E-state index >= 15 is 0 Å². The lowest BCUT2D eigenvalue weighted by atomic mass is 9.96. The minimum absolute atomic E-state index is 0.142. The zero-order valence-corrected chi connectivity index (χ0v) is 22.8. The van der Waals surface area contributed by atoms with Gasteiger partial charge in [0.1, 0.15) is 5.82 Å². The number of nitrogens with one attached hydrogen (secondary N) is 2. The van der Waals surface area contributed by atoms with E-state index in [1.54, 1.807) is 23.5 Å².